The number of carbonyl (C=O) groups is 1. The van der Waals surface area contributed by atoms with E-state index in [2.05, 4.69) is 0 Å². The molecule has 0 aliphatic rings. The predicted octanol–water partition coefficient (Wildman–Crippen LogP) is 4.39. The largest absolute Gasteiger partial charge is 0.459 e. The molecule has 0 N–H and O–H groups in total. The third kappa shape index (κ3) is 3.42. The number of hydrogen-bond donors (Lipinski definition) is 0. The minimum atomic E-state index is -0.318. The van der Waals surface area contributed by atoms with Crippen LogP contribution in [0.4, 0.5) is 4.39 Å². The first-order valence-corrected chi connectivity index (χ1v) is 7.57. The number of benzene rings is 2. The summed E-state index contributed by atoms with van der Waals surface area (Å²) >= 11 is 0. The van der Waals surface area contributed by atoms with E-state index in [0.29, 0.717) is 12.1 Å². The Hall–Kier alpha value is -2.62. The number of fused-ring (bicyclic) bond motifs is 1. The highest BCUT2D eigenvalue weighted by Crippen LogP contribution is 2.19. The molecule has 4 heteroatoms. The fourth-order valence-electron chi connectivity index (χ4n) is 2.58. The first-order valence-electron chi connectivity index (χ1n) is 7.57. The monoisotopic (exact) mass is 311 g/mol. The van der Waals surface area contributed by atoms with Crippen molar-refractivity contribution in [1.82, 2.24) is 4.57 Å². The van der Waals surface area contributed by atoms with Gasteiger partial charge < -0.3 is 9.30 Å². The zero-order valence-corrected chi connectivity index (χ0v) is 13.1. The van der Waals surface area contributed by atoms with E-state index in [1.54, 1.807) is 12.1 Å². The molecule has 118 valence electrons. The van der Waals surface area contributed by atoms with Gasteiger partial charge in [-0.25, -0.2) is 9.18 Å². The van der Waals surface area contributed by atoms with E-state index in [4.69, 9.17) is 4.74 Å². The van der Waals surface area contributed by atoms with Gasteiger partial charge in [0.05, 0.1) is 11.7 Å². The molecule has 1 aromatic heterocycles. The van der Waals surface area contributed by atoms with Crippen LogP contribution in [0.25, 0.3) is 10.9 Å². The number of esters is 1. The molecule has 0 aliphatic carbocycles. The van der Waals surface area contributed by atoms with Gasteiger partial charge in [0.1, 0.15) is 5.82 Å². The summed E-state index contributed by atoms with van der Waals surface area (Å²) in [6.45, 7) is 4.26. The average molecular weight is 311 g/mol. The van der Waals surface area contributed by atoms with Crippen molar-refractivity contribution < 1.29 is 13.9 Å². The Morgan fingerprint density at radius 3 is 2.78 bits per heavy atom. The summed E-state index contributed by atoms with van der Waals surface area (Å²) in [6, 6.07) is 14.0. The van der Waals surface area contributed by atoms with Crippen LogP contribution in [0, 0.1) is 5.82 Å². The zero-order valence-electron chi connectivity index (χ0n) is 13.1. The van der Waals surface area contributed by atoms with Gasteiger partial charge in [-0.05, 0) is 55.8 Å². The molecule has 0 spiro atoms. The molecular formula is C19H18FNO2. The third-order valence-corrected chi connectivity index (χ3v) is 3.59. The lowest BCUT2D eigenvalue weighted by Gasteiger charge is -2.10. The minimum absolute atomic E-state index is 0.144. The van der Waals surface area contributed by atoms with Gasteiger partial charge in [-0.2, -0.15) is 0 Å². The standard InChI is InChI=1S/C19H18FNO2/c1-13(2)23-19(22)16-5-3-4-14(10-16)12-21-9-8-15-11-17(20)6-7-18(15)21/h3-11,13H,12H2,1-2H3. The van der Waals surface area contributed by atoms with Crippen LogP contribution in [-0.4, -0.2) is 16.6 Å². The summed E-state index contributed by atoms with van der Waals surface area (Å²) in [7, 11) is 0. The van der Waals surface area contributed by atoms with Crippen molar-refractivity contribution in [2.75, 3.05) is 0 Å². The SMILES string of the molecule is CC(C)OC(=O)c1cccc(Cn2ccc3cc(F)ccc32)c1. The molecule has 0 aliphatic heterocycles. The molecule has 0 saturated heterocycles. The molecule has 0 atom stereocenters. The normalized spacial score (nSPS) is 11.1. The van der Waals surface area contributed by atoms with Crippen LogP contribution in [0.1, 0.15) is 29.8 Å². The molecule has 0 bridgehead atoms. The van der Waals surface area contributed by atoms with Crippen molar-refractivity contribution in [2.45, 2.75) is 26.5 Å². The Morgan fingerprint density at radius 2 is 2.00 bits per heavy atom. The fourth-order valence-corrected chi connectivity index (χ4v) is 2.58. The number of halogens is 1. The van der Waals surface area contributed by atoms with E-state index < -0.39 is 0 Å². The predicted molar refractivity (Wildman–Crippen MR) is 88.0 cm³/mol. The van der Waals surface area contributed by atoms with Crippen LogP contribution in [0.3, 0.4) is 0 Å². The second-order valence-electron chi connectivity index (χ2n) is 5.80. The van der Waals surface area contributed by atoms with Crippen molar-refractivity contribution >= 4 is 16.9 Å². The molecule has 1 heterocycles. The minimum Gasteiger partial charge on any atom is -0.459 e. The van der Waals surface area contributed by atoms with Crippen LogP contribution in [-0.2, 0) is 11.3 Å². The number of hydrogen-bond acceptors (Lipinski definition) is 2. The van der Waals surface area contributed by atoms with Crippen molar-refractivity contribution in [3.05, 3.63) is 71.7 Å². The number of nitrogens with zero attached hydrogens (tertiary/aromatic N) is 1. The maximum absolute atomic E-state index is 13.3. The molecular weight excluding hydrogens is 293 g/mol. The Balaban J connectivity index is 1.86. The van der Waals surface area contributed by atoms with Crippen molar-refractivity contribution in [1.29, 1.82) is 0 Å². The van der Waals surface area contributed by atoms with Crippen LogP contribution in [0.2, 0.25) is 0 Å². The Labute approximate surface area is 134 Å². The highest BCUT2D eigenvalue weighted by molar-refractivity contribution is 5.89. The van der Waals surface area contributed by atoms with Gasteiger partial charge in [-0.1, -0.05) is 12.1 Å². The Bertz CT molecular complexity index is 851. The number of ether oxygens (including phenoxy) is 1. The Kier molecular flexibility index (Phi) is 4.15. The quantitative estimate of drug-likeness (QED) is 0.669. The first kappa shape index (κ1) is 15.3. The molecule has 3 rings (SSSR count). The van der Waals surface area contributed by atoms with Gasteiger partial charge in [0.25, 0.3) is 0 Å². The number of aromatic nitrogens is 1. The zero-order chi connectivity index (χ0) is 16.4. The van der Waals surface area contributed by atoms with Gasteiger partial charge in [0, 0.05) is 23.6 Å². The Morgan fingerprint density at radius 1 is 1.17 bits per heavy atom. The number of carbonyl (C=O) groups excluding carboxylic acids is 1. The number of rotatable bonds is 4. The topological polar surface area (TPSA) is 31.2 Å². The summed E-state index contributed by atoms with van der Waals surface area (Å²) in [4.78, 5) is 12.0. The summed E-state index contributed by atoms with van der Waals surface area (Å²) in [5.74, 6) is -0.560. The van der Waals surface area contributed by atoms with Gasteiger partial charge in [-0.15, -0.1) is 0 Å². The molecule has 2 aromatic carbocycles. The van der Waals surface area contributed by atoms with E-state index >= 15 is 0 Å². The lowest BCUT2D eigenvalue weighted by molar-refractivity contribution is 0.0378. The van der Waals surface area contributed by atoms with E-state index in [1.165, 1.54) is 12.1 Å². The van der Waals surface area contributed by atoms with Gasteiger partial charge in [0.2, 0.25) is 0 Å². The summed E-state index contributed by atoms with van der Waals surface area (Å²) in [6.07, 6.45) is 1.78. The van der Waals surface area contributed by atoms with E-state index in [-0.39, 0.29) is 17.9 Å². The summed E-state index contributed by atoms with van der Waals surface area (Å²) in [5.41, 5.74) is 2.49. The molecule has 23 heavy (non-hydrogen) atoms. The van der Waals surface area contributed by atoms with Crippen molar-refractivity contribution in [3.63, 3.8) is 0 Å². The van der Waals surface area contributed by atoms with Gasteiger partial charge in [-0.3, -0.25) is 0 Å². The second-order valence-corrected chi connectivity index (χ2v) is 5.80. The molecule has 0 unspecified atom stereocenters. The molecule has 0 amide bonds. The highest BCUT2D eigenvalue weighted by atomic mass is 19.1. The van der Waals surface area contributed by atoms with Crippen LogP contribution < -0.4 is 0 Å². The van der Waals surface area contributed by atoms with Gasteiger partial charge in [0.15, 0.2) is 0 Å². The van der Waals surface area contributed by atoms with E-state index in [1.807, 2.05) is 48.9 Å². The first-order chi connectivity index (χ1) is 11.0. The van der Waals surface area contributed by atoms with Crippen molar-refractivity contribution in [3.8, 4) is 0 Å². The molecule has 3 nitrogen and oxygen atoms in total. The van der Waals surface area contributed by atoms with Crippen LogP contribution in [0.5, 0.6) is 0 Å². The van der Waals surface area contributed by atoms with E-state index in [0.717, 1.165) is 16.5 Å². The summed E-state index contributed by atoms with van der Waals surface area (Å²) in [5, 5.41) is 0.861. The second kappa shape index (κ2) is 6.24. The maximum Gasteiger partial charge on any atom is 0.338 e. The summed E-state index contributed by atoms with van der Waals surface area (Å²) < 4.78 is 20.5. The molecule has 0 saturated carbocycles. The van der Waals surface area contributed by atoms with Crippen molar-refractivity contribution in [2.24, 2.45) is 0 Å². The molecule has 3 aromatic rings. The van der Waals surface area contributed by atoms with E-state index in [9.17, 15) is 9.18 Å². The molecule has 0 fully saturated rings. The fraction of sp³-hybridized carbons (Fsp3) is 0.211. The highest BCUT2D eigenvalue weighted by Gasteiger charge is 2.10. The third-order valence-electron chi connectivity index (χ3n) is 3.59. The lowest BCUT2D eigenvalue weighted by Crippen LogP contribution is -2.12. The maximum atomic E-state index is 13.3. The van der Waals surface area contributed by atoms with Gasteiger partial charge >= 0.3 is 5.97 Å². The average Bonchev–Trinajstić information content (AvgIpc) is 2.89. The molecule has 0 radical (unpaired) electrons. The smallest absolute Gasteiger partial charge is 0.338 e. The lowest BCUT2D eigenvalue weighted by atomic mass is 10.1. The van der Waals surface area contributed by atoms with Crippen LogP contribution in [0.15, 0.2) is 54.7 Å². The van der Waals surface area contributed by atoms with Crippen LogP contribution >= 0.6 is 0 Å².